The molecule has 2 bridgehead atoms. The lowest BCUT2D eigenvalue weighted by atomic mass is 9.81. The van der Waals surface area contributed by atoms with E-state index in [1.807, 2.05) is 60.7 Å². The summed E-state index contributed by atoms with van der Waals surface area (Å²) >= 11 is 0. The maximum absolute atomic E-state index is 12.9. The Kier molecular flexibility index (Phi) is 5.05. The molecule has 2 aromatic rings. The Labute approximate surface area is 159 Å². The number of hydrogen-bond acceptors (Lipinski definition) is 2. The SMILES string of the molecule is O=C(NCc1ccccc1)C1C2C=CC(C2)C1C(=O)NCc1ccccc1. The summed E-state index contributed by atoms with van der Waals surface area (Å²) < 4.78 is 0. The lowest BCUT2D eigenvalue weighted by Crippen LogP contribution is -2.43. The Bertz CT molecular complexity index is 762. The lowest BCUT2D eigenvalue weighted by Gasteiger charge is -2.26. The summed E-state index contributed by atoms with van der Waals surface area (Å²) in [5.74, 6) is -0.262. The fraction of sp³-hybridized carbons (Fsp3) is 0.304. The van der Waals surface area contributed by atoms with Crippen molar-refractivity contribution in [1.82, 2.24) is 10.6 Å². The van der Waals surface area contributed by atoms with Gasteiger partial charge in [0.2, 0.25) is 11.8 Å². The van der Waals surface area contributed by atoms with Crippen LogP contribution in [0, 0.1) is 23.7 Å². The molecule has 1 fully saturated rings. The Morgan fingerprint density at radius 1 is 0.704 bits per heavy atom. The topological polar surface area (TPSA) is 58.2 Å². The van der Waals surface area contributed by atoms with Gasteiger partial charge in [-0.15, -0.1) is 0 Å². The molecule has 0 aliphatic heterocycles. The van der Waals surface area contributed by atoms with Crippen molar-refractivity contribution in [2.75, 3.05) is 0 Å². The first kappa shape index (κ1) is 17.5. The van der Waals surface area contributed by atoms with E-state index in [9.17, 15) is 9.59 Å². The van der Waals surface area contributed by atoms with Crippen LogP contribution in [0.2, 0.25) is 0 Å². The van der Waals surface area contributed by atoms with E-state index in [0.717, 1.165) is 17.5 Å². The first-order valence-corrected chi connectivity index (χ1v) is 9.54. The summed E-state index contributed by atoms with van der Waals surface area (Å²) in [6.07, 6.45) is 5.11. The van der Waals surface area contributed by atoms with Crippen molar-refractivity contribution in [3.05, 3.63) is 83.9 Å². The van der Waals surface area contributed by atoms with Gasteiger partial charge < -0.3 is 10.6 Å². The van der Waals surface area contributed by atoms with Crippen molar-refractivity contribution >= 4 is 11.8 Å². The van der Waals surface area contributed by atoms with Crippen LogP contribution in [-0.4, -0.2) is 11.8 Å². The zero-order valence-electron chi connectivity index (χ0n) is 15.2. The molecule has 2 amide bonds. The van der Waals surface area contributed by atoms with Crippen LogP contribution in [0.4, 0.5) is 0 Å². The summed E-state index contributed by atoms with van der Waals surface area (Å²) in [6.45, 7) is 0.991. The molecule has 0 spiro atoms. The summed E-state index contributed by atoms with van der Waals surface area (Å²) in [6, 6.07) is 19.7. The van der Waals surface area contributed by atoms with Gasteiger partial charge in [-0.05, 0) is 29.4 Å². The summed E-state index contributed by atoms with van der Waals surface area (Å²) in [5.41, 5.74) is 2.13. The van der Waals surface area contributed by atoms with Crippen molar-refractivity contribution in [3.63, 3.8) is 0 Å². The van der Waals surface area contributed by atoms with Crippen molar-refractivity contribution in [1.29, 1.82) is 0 Å². The molecule has 4 unspecified atom stereocenters. The average molecular weight is 360 g/mol. The molecule has 4 heteroatoms. The molecular weight excluding hydrogens is 336 g/mol. The number of amides is 2. The smallest absolute Gasteiger partial charge is 0.224 e. The highest BCUT2D eigenvalue weighted by atomic mass is 16.2. The monoisotopic (exact) mass is 360 g/mol. The second-order valence-corrected chi connectivity index (χ2v) is 7.41. The van der Waals surface area contributed by atoms with Crippen LogP contribution in [0.1, 0.15) is 17.5 Å². The third kappa shape index (κ3) is 3.80. The Hall–Kier alpha value is -2.88. The highest BCUT2D eigenvalue weighted by Crippen LogP contribution is 2.48. The van der Waals surface area contributed by atoms with Gasteiger partial charge in [0.1, 0.15) is 0 Å². The number of fused-ring (bicyclic) bond motifs is 2. The van der Waals surface area contributed by atoms with Crippen LogP contribution in [0.25, 0.3) is 0 Å². The fourth-order valence-electron chi connectivity index (χ4n) is 4.34. The van der Waals surface area contributed by atoms with Gasteiger partial charge in [-0.2, -0.15) is 0 Å². The van der Waals surface area contributed by atoms with E-state index < -0.39 is 0 Å². The minimum Gasteiger partial charge on any atom is -0.352 e. The highest BCUT2D eigenvalue weighted by molar-refractivity contribution is 5.89. The van der Waals surface area contributed by atoms with E-state index in [4.69, 9.17) is 0 Å². The molecule has 0 aromatic heterocycles. The van der Waals surface area contributed by atoms with Crippen LogP contribution in [-0.2, 0) is 22.7 Å². The molecule has 2 aliphatic carbocycles. The number of nitrogens with one attached hydrogen (secondary N) is 2. The Balaban J connectivity index is 1.40. The number of allylic oxidation sites excluding steroid dienone is 2. The molecular formula is C23H24N2O2. The van der Waals surface area contributed by atoms with E-state index in [1.54, 1.807) is 0 Å². The number of carbonyl (C=O) groups excluding carboxylic acids is 2. The van der Waals surface area contributed by atoms with Crippen molar-refractivity contribution in [2.45, 2.75) is 19.5 Å². The molecule has 4 nitrogen and oxygen atoms in total. The van der Waals surface area contributed by atoms with Crippen LogP contribution >= 0.6 is 0 Å². The van der Waals surface area contributed by atoms with E-state index in [2.05, 4.69) is 22.8 Å². The molecule has 138 valence electrons. The number of benzene rings is 2. The quantitative estimate of drug-likeness (QED) is 0.778. The molecule has 4 rings (SSSR count). The first-order chi connectivity index (χ1) is 13.2. The van der Waals surface area contributed by atoms with Gasteiger partial charge in [-0.1, -0.05) is 72.8 Å². The predicted molar refractivity (Wildman–Crippen MR) is 104 cm³/mol. The number of hydrogen-bond donors (Lipinski definition) is 2. The van der Waals surface area contributed by atoms with Gasteiger partial charge in [0.15, 0.2) is 0 Å². The standard InChI is InChI=1S/C23H24N2O2/c26-22(24-14-16-7-3-1-4-8-16)20-18-11-12-19(13-18)21(20)23(27)25-15-17-9-5-2-6-10-17/h1-12,18-21H,13-15H2,(H,24,26)(H,25,27). The molecule has 1 saturated carbocycles. The maximum Gasteiger partial charge on any atom is 0.224 e. The van der Waals surface area contributed by atoms with Crippen LogP contribution in [0.3, 0.4) is 0 Å². The van der Waals surface area contributed by atoms with Crippen LogP contribution < -0.4 is 10.6 Å². The Morgan fingerprint density at radius 3 is 1.52 bits per heavy atom. The largest absolute Gasteiger partial charge is 0.352 e. The lowest BCUT2D eigenvalue weighted by molar-refractivity contribution is -0.135. The molecule has 0 radical (unpaired) electrons. The van der Waals surface area contributed by atoms with Crippen LogP contribution in [0.5, 0.6) is 0 Å². The normalized spacial score (nSPS) is 25.3. The number of rotatable bonds is 6. The van der Waals surface area contributed by atoms with E-state index in [0.29, 0.717) is 13.1 Å². The molecule has 0 heterocycles. The third-order valence-corrected chi connectivity index (χ3v) is 5.68. The molecule has 2 aromatic carbocycles. The predicted octanol–water partition coefficient (Wildman–Crippen LogP) is 3.06. The second kappa shape index (κ2) is 7.78. The van der Waals surface area contributed by atoms with E-state index in [1.165, 1.54) is 0 Å². The van der Waals surface area contributed by atoms with Crippen LogP contribution in [0.15, 0.2) is 72.8 Å². The van der Waals surface area contributed by atoms with Crippen molar-refractivity contribution in [3.8, 4) is 0 Å². The van der Waals surface area contributed by atoms with Gasteiger partial charge >= 0.3 is 0 Å². The van der Waals surface area contributed by atoms with Crippen molar-refractivity contribution in [2.24, 2.45) is 23.7 Å². The van der Waals surface area contributed by atoms with E-state index in [-0.39, 0.29) is 35.5 Å². The Morgan fingerprint density at radius 2 is 1.11 bits per heavy atom. The minimum atomic E-state index is -0.278. The zero-order valence-corrected chi connectivity index (χ0v) is 15.2. The van der Waals surface area contributed by atoms with Gasteiger partial charge in [0.25, 0.3) is 0 Å². The third-order valence-electron chi connectivity index (χ3n) is 5.68. The fourth-order valence-corrected chi connectivity index (χ4v) is 4.34. The van der Waals surface area contributed by atoms with Crippen molar-refractivity contribution < 1.29 is 9.59 Å². The minimum absolute atomic E-state index is 0.0180. The first-order valence-electron chi connectivity index (χ1n) is 9.54. The van der Waals surface area contributed by atoms with Gasteiger partial charge in [-0.3, -0.25) is 9.59 Å². The van der Waals surface area contributed by atoms with Gasteiger partial charge in [-0.25, -0.2) is 0 Å². The van der Waals surface area contributed by atoms with E-state index >= 15 is 0 Å². The number of carbonyl (C=O) groups is 2. The summed E-state index contributed by atoms with van der Waals surface area (Å²) in [5, 5.41) is 6.06. The zero-order chi connectivity index (χ0) is 18.6. The molecule has 2 aliphatic rings. The molecule has 4 atom stereocenters. The summed E-state index contributed by atoms with van der Waals surface area (Å²) in [4.78, 5) is 25.7. The van der Waals surface area contributed by atoms with Gasteiger partial charge in [0, 0.05) is 13.1 Å². The average Bonchev–Trinajstić information content (AvgIpc) is 3.33. The molecule has 27 heavy (non-hydrogen) atoms. The summed E-state index contributed by atoms with van der Waals surface area (Å²) in [7, 11) is 0. The maximum atomic E-state index is 12.9. The highest BCUT2D eigenvalue weighted by Gasteiger charge is 2.51. The second-order valence-electron chi connectivity index (χ2n) is 7.41. The van der Waals surface area contributed by atoms with Gasteiger partial charge in [0.05, 0.1) is 11.8 Å². The molecule has 2 N–H and O–H groups in total. The molecule has 0 saturated heterocycles.